The smallest absolute Gasteiger partial charge is 0.129 e. The number of aryl methyl sites for hydroxylation is 2. The number of methoxy groups -OCH3 is 1. The van der Waals surface area contributed by atoms with E-state index in [1.54, 1.807) is 7.11 Å². The number of rotatable bonds is 5. The Morgan fingerprint density at radius 1 is 0.821 bits per heavy atom. The van der Waals surface area contributed by atoms with Crippen molar-refractivity contribution in [3.05, 3.63) is 70.0 Å². The third-order valence-electron chi connectivity index (χ3n) is 6.64. The largest absolute Gasteiger partial charge is 0.496 e. The SMILES string of the molecule is COc1ccc(C2(c3ccc(OC(C)=C4CC4)c(C)c3)CCCCC2)cc1C. The van der Waals surface area contributed by atoms with Gasteiger partial charge in [-0.15, -0.1) is 0 Å². The highest BCUT2D eigenvalue weighted by molar-refractivity contribution is 5.48. The molecule has 0 aromatic heterocycles. The molecule has 2 heteroatoms. The molecule has 2 aromatic rings. The first-order chi connectivity index (χ1) is 13.5. The van der Waals surface area contributed by atoms with Crippen molar-refractivity contribution in [2.45, 2.75) is 71.1 Å². The second-order valence-corrected chi connectivity index (χ2v) is 8.57. The summed E-state index contributed by atoms with van der Waals surface area (Å²) in [5.74, 6) is 3.06. The lowest BCUT2D eigenvalue weighted by Crippen LogP contribution is -2.30. The molecule has 2 aliphatic rings. The van der Waals surface area contributed by atoms with Crippen LogP contribution in [0.15, 0.2) is 47.7 Å². The van der Waals surface area contributed by atoms with Gasteiger partial charge in [0.1, 0.15) is 17.3 Å². The zero-order valence-electron chi connectivity index (χ0n) is 17.7. The molecule has 148 valence electrons. The molecule has 0 saturated heterocycles. The van der Waals surface area contributed by atoms with E-state index in [4.69, 9.17) is 9.47 Å². The van der Waals surface area contributed by atoms with Gasteiger partial charge in [-0.05, 0) is 86.4 Å². The monoisotopic (exact) mass is 376 g/mol. The Hall–Kier alpha value is -2.22. The van der Waals surface area contributed by atoms with E-state index in [1.807, 2.05) is 0 Å². The number of hydrogen-bond donors (Lipinski definition) is 0. The fourth-order valence-electron chi connectivity index (χ4n) is 4.79. The quantitative estimate of drug-likeness (QED) is 0.523. The van der Waals surface area contributed by atoms with Gasteiger partial charge < -0.3 is 9.47 Å². The van der Waals surface area contributed by atoms with Crippen LogP contribution in [-0.2, 0) is 5.41 Å². The molecule has 0 amide bonds. The van der Waals surface area contributed by atoms with Crippen LogP contribution in [-0.4, -0.2) is 7.11 Å². The summed E-state index contributed by atoms with van der Waals surface area (Å²) in [6.45, 7) is 6.42. The normalized spacial score (nSPS) is 17.9. The first-order valence-electron chi connectivity index (χ1n) is 10.7. The molecule has 0 bridgehead atoms. The Labute approximate surface area is 169 Å². The van der Waals surface area contributed by atoms with Gasteiger partial charge in [-0.2, -0.15) is 0 Å². The summed E-state index contributed by atoms with van der Waals surface area (Å²) in [5, 5.41) is 0. The predicted octanol–water partition coefficient (Wildman–Crippen LogP) is 7.01. The van der Waals surface area contributed by atoms with Crippen LogP contribution in [0.2, 0.25) is 0 Å². The predicted molar refractivity (Wildman–Crippen MR) is 115 cm³/mol. The lowest BCUT2D eigenvalue weighted by Gasteiger charge is -2.39. The molecule has 0 N–H and O–H groups in total. The minimum absolute atomic E-state index is 0.0998. The highest BCUT2D eigenvalue weighted by atomic mass is 16.5. The fraction of sp³-hybridized carbons (Fsp3) is 0.462. The van der Waals surface area contributed by atoms with Crippen molar-refractivity contribution in [1.29, 1.82) is 0 Å². The zero-order valence-corrected chi connectivity index (χ0v) is 17.7. The maximum Gasteiger partial charge on any atom is 0.129 e. The van der Waals surface area contributed by atoms with Crippen molar-refractivity contribution < 1.29 is 9.47 Å². The molecule has 28 heavy (non-hydrogen) atoms. The molecule has 2 saturated carbocycles. The van der Waals surface area contributed by atoms with Gasteiger partial charge >= 0.3 is 0 Å². The van der Waals surface area contributed by atoms with Crippen LogP contribution in [0.25, 0.3) is 0 Å². The first-order valence-corrected chi connectivity index (χ1v) is 10.7. The lowest BCUT2D eigenvalue weighted by molar-refractivity contribution is 0.344. The van der Waals surface area contributed by atoms with E-state index in [1.165, 1.54) is 72.8 Å². The third-order valence-corrected chi connectivity index (χ3v) is 6.64. The van der Waals surface area contributed by atoms with E-state index < -0.39 is 0 Å². The highest BCUT2D eigenvalue weighted by Gasteiger charge is 2.36. The molecular weight excluding hydrogens is 344 g/mol. The summed E-state index contributed by atoms with van der Waals surface area (Å²) in [4.78, 5) is 0. The maximum absolute atomic E-state index is 6.16. The molecule has 0 atom stereocenters. The summed E-state index contributed by atoms with van der Waals surface area (Å²) in [6, 6.07) is 13.6. The summed E-state index contributed by atoms with van der Waals surface area (Å²) in [7, 11) is 1.75. The molecule has 0 radical (unpaired) electrons. The summed E-state index contributed by atoms with van der Waals surface area (Å²) in [5.41, 5.74) is 6.86. The average molecular weight is 377 g/mol. The maximum atomic E-state index is 6.16. The van der Waals surface area contributed by atoms with Crippen molar-refractivity contribution in [2.24, 2.45) is 0 Å². The van der Waals surface area contributed by atoms with Crippen LogP contribution in [0.4, 0.5) is 0 Å². The van der Waals surface area contributed by atoms with Gasteiger partial charge in [0, 0.05) is 5.41 Å². The van der Waals surface area contributed by atoms with Gasteiger partial charge in [0.15, 0.2) is 0 Å². The van der Waals surface area contributed by atoms with E-state index in [2.05, 4.69) is 57.2 Å². The molecule has 0 heterocycles. The van der Waals surface area contributed by atoms with E-state index in [0.29, 0.717) is 0 Å². The first kappa shape index (κ1) is 19.1. The molecular formula is C26H32O2. The van der Waals surface area contributed by atoms with Crippen molar-refractivity contribution >= 4 is 0 Å². The second-order valence-electron chi connectivity index (χ2n) is 8.57. The third kappa shape index (κ3) is 3.57. The van der Waals surface area contributed by atoms with Gasteiger partial charge in [-0.3, -0.25) is 0 Å². The average Bonchev–Trinajstić information content (AvgIpc) is 3.55. The Morgan fingerprint density at radius 2 is 1.39 bits per heavy atom. The van der Waals surface area contributed by atoms with Crippen LogP contribution < -0.4 is 9.47 Å². The molecule has 2 fully saturated rings. The van der Waals surface area contributed by atoms with E-state index in [0.717, 1.165) is 17.3 Å². The molecule has 2 aromatic carbocycles. The van der Waals surface area contributed by atoms with E-state index in [9.17, 15) is 0 Å². The van der Waals surface area contributed by atoms with Crippen molar-refractivity contribution in [2.75, 3.05) is 7.11 Å². The Balaban J connectivity index is 1.72. The standard InChI is InChI=1S/C26H32O2/c1-18-16-22(10-12-24(18)27-4)26(14-6-5-7-15-26)23-11-13-25(19(2)17-23)28-20(3)21-8-9-21/h10-13,16-17H,5-9,14-15H2,1-4H3. The van der Waals surface area contributed by atoms with Crippen LogP contribution in [0.1, 0.15) is 74.1 Å². The van der Waals surface area contributed by atoms with Gasteiger partial charge in [0.25, 0.3) is 0 Å². The molecule has 0 aliphatic heterocycles. The fourth-order valence-corrected chi connectivity index (χ4v) is 4.79. The Kier molecular flexibility index (Phi) is 5.23. The molecule has 4 rings (SSSR count). The van der Waals surface area contributed by atoms with Gasteiger partial charge in [0.05, 0.1) is 7.11 Å². The van der Waals surface area contributed by atoms with Crippen LogP contribution >= 0.6 is 0 Å². The van der Waals surface area contributed by atoms with Crippen LogP contribution in [0, 0.1) is 13.8 Å². The van der Waals surface area contributed by atoms with Crippen molar-refractivity contribution in [3.63, 3.8) is 0 Å². The van der Waals surface area contributed by atoms with Gasteiger partial charge in [0.2, 0.25) is 0 Å². The van der Waals surface area contributed by atoms with Crippen LogP contribution in [0.3, 0.4) is 0 Å². The minimum Gasteiger partial charge on any atom is -0.496 e. The number of benzene rings is 2. The van der Waals surface area contributed by atoms with Crippen molar-refractivity contribution in [1.82, 2.24) is 0 Å². The highest BCUT2D eigenvalue weighted by Crippen LogP contribution is 2.46. The van der Waals surface area contributed by atoms with Gasteiger partial charge in [-0.1, -0.05) is 43.5 Å². The number of allylic oxidation sites excluding steroid dienone is 2. The molecule has 0 unspecified atom stereocenters. The Bertz CT molecular complexity index is 895. The summed E-state index contributed by atoms with van der Waals surface area (Å²) >= 11 is 0. The zero-order chi connectivity index (χ0) is 19.7. The molecule has 0 spiro atoms. The van der Waals surface area contributed by atoms with E-state index >= 15 is 0 Å². The Morgan fingerprint density at radius 3 is 1.89 bits per heavy atom. The molecule has 2 aliphatic carbocycles. The van der Waals surface area contributed by atoms with Crippen LogP contribution in [0.5, 0.6) is 11.5 Å². The van der Waals surface area contributed by atoms with Gasteiger partial charge in [-0.25, -0.2) is 0 Å². The van der Waals surface area contributed by atoms with Crippen molar-refractivity contribution in [3.8, 4) is 11.5 Å². The second kappa shape index (κ2) is 7.66. The lowest BCUT2D eigenvalue weighted by atomic mass is 9.65. The minimum atomic E-state index is 0.0998. The number of hydrogen-bond acceptors (Lipinski definition) is 2. The summed E-state index contributed by atoms with van der Waals surface area (Å²) in [6.07, 6.45) is 8.72. The topological polar surface area (TPSA) is 18.5 Å². The molecule has 2 nitrogen and oxygen atoms in total. The number of ether oxygens (including phenoxy) is 2. The summed E-state index contributed by atoms with van der Waals surface area (Å²) < 4.78 is 11.7. The van der Waals surface area contributed by atoms with E-state index in [-0.39, 0.29) is 5.41 Å².